The van der Waals surface area contributed by atoms with Crippen LogP contribution in [0.1, 0.15) is 32.6 Å². The van der Waals surface area contributed by atoms with E-state index in [2.05, 4.69) is 19.2 Å². The predicted octanol–water partition coefficient (Wildman–Crippen LogP) is 4.41. The van der Waals surface area contributed by atoms with Crippen molar-refractivity contribution >= 4 is 22.6 Å². The summed E-state index contributed by atoms with van der Waals surface area (Å²) < 4.78 is 11.8. The summed E-state index contributed by atoms with van der Waals surface area (Å²) in [6.45, 7) is 7.02. The molecule has 3 nitrogen and oxygen atoms in total. The number of ether oxygens (including phenoxy) is 1. The van der Waals surface area contributed by atoms with Crippen molar-refractivity contribution in [1.82, 2.24) is 5.32 Å². The molecule has 1 N–H and O–H groups in total. The van der Waals surface area contributed by atoms with E-state index >= 15 is 0 Å². The van der Waals surface area contributed by atoms with E-state index in [1.807, 2.05) is 38.2 Å². The topological polar surface area (TPSA) is 34.4 Å². The monoisotopic (exact) mass is 295 g/mol. The van der Waals surface area contributed by atoms with Crippen molar-refractivity contribution in [3.63, 3.8) is 0 Å². The summed E-state index contributed by atoms with van der Waals surface area (Å²) in [7, 11) is 1.93. The molecule has 1 heterocycles. The molecule has 0 saturated heterocycles. The molecule has 2 aromatic rings. The number of fused-ring (bicyclic) bond motifs is 1. The summed E-state index contributed by atoms with van der Waals surface area (Å²) in [4.78, 5) is 0. The van der Waals surface area contributed by atoms with Crippen molar-refractivity contribution in [1.29, 1.82) is 0 Å². The Hall–Kier alpha value is -1.03. The Bertz CT molecular complexity index is 565. The molecular formula is C16H22ClNO2. The average molecular weight is 296 g/mol. The zero-order valence-electron chi connectivity index (χ0n) is 12.4. The van der Waals surface area contributed by atoms with E-state index in [0.29, 0.717) is 12.5 Å². The van der Waals surface area contributed by atoms with Gasteiger partial charge in [0, 0.05) is 17.0 Å². The molecule has 2 atom stereocenters. The van der Waals surface area contributed by atoms with Gasteiger partial charge in [0.1, 0.15) is 11.3 Å². The molecule has 0 saturated carbocycles. The van der Waals surface area contributed by atoms with Crippen LogP contribution in [0.2, 0.25) is 5.02 Å². The van der Waals surface area contributed by atoms with Crippen LogP contribution in [0.4, 0.5) is 0 Å². The molecule has 0 fully saturated rings. The summed E-state index contributed by atoms with van der Waals surface area (Å²) in [5.74, 6) is 1.28. The number of benzene rings is 1. The van der Waals surface area contributed by atoms with Crippen molar-refractivity contribution < 1.29 is 9.15 Å². The molecule has 0 radical (unpaired) electrons. The second kappa shape index (κ2) is 6.61. The lowest BCUT2D eigenvalue weighted by Crippen LogP contribution is -2.35. The molecule has 2 rings (SSSR count). The maximum absolute atomic E-state index is 6.02. The highest BCUT2D eigenvalue weighted by Gasteiger charge is 2.28. The molecule has 1 aromatic carbocycles. The van der Waals surface area contributed by atoms with E-state index in [9.17, 15) is 0 Å². The Morgan fingerprint density at radius 2 is 2.05 bits per heavy atom. The molecule has 0 aliphatic rings. The van der Waals surface area contributed by atoms with Gasteiger partial charge < -0.3 is 14.5 Å². The SMILES string of the molecule is CCOC(C(C)C)C(NC)c1cc2cc(Cl)ccc2o1. The number of halogens is 1. The molecule has 4 heteroatoms. The normalized spacial score (nSPS) is 14.9. The first-order chi connectivity index (χ1) is 9.56. The maximum Gasteiger partial charge on any atom is 0.134 e. The molecule has 20 heavy (non-hydrogen) atoms. The van der Waals surface area contributed by atoms with Gasteiger partial charge in [0.15, 0.2) is 0 Å². The van der Waals surface area contributed by atoms with Crippen molar-refractivity contribution in [2.45, 2.75) is 32.9 Å². The summed E-state index contributed by atoms with van der Waals surface area (Å²) in [5, 5.41) is 5.05. The quantitative estimate of drug-likeness (QED) is 0.857. The van der Waals surface area contributed by atoms with Crippen LogP contribution in [0, 0.1) is 5.92 Å². The fourth-order valence-electron chi connectivity index (χ4n) is 2.52. The van der Waals surface area contributed by atoms with Crippen LogP contribution in [0.15, 0.2) is 28.7 Å². The van der Waals surface area contributed by atoms with Crippen molar-refractivity contribution in [3.05, 3.63) is 35.0 Å². The van der Waals surface area contributed by atoms with E-state index in [0.717, 1.165) is 21.8 Å². The lowest BCUT2D eigenvalue weighted by atomic mass is 9.97. The fraction of sp³-hybridized carbons (Fsp3) is 0.500. The Labute approximate surface area is 125 Å². The smallest absolute Gasteiger partial charge is 0.134 e. The van der Waals surface area contributed by atoms with Gasteiger partial charge >= 0.3 is 0 Å². The molecule has 1 aromatic heterocycles. The van der Waals surface area contributed by atoms with Crippen molar-refractivity contribution in [3.8, 4) is 0 Å². The summed E-state index contributed by atoms with van der Waals surface area (Å²) >= 11 is 6.02. The van der Waals surface area contributed by atoms with Crippen LogP contribution in [0.25, 0.3) is 11.0 Å². The minimum atomic E-state index is 0.0288. The zero-order chi connectivity index (χ0) is 14.7. The Balaban J connectivity index is 2.37. The molecule has 0 bridgehead atoms. The Morgan fingerprint density at radius 3 is 2.65 bits per heavy atom. The second-order valence-electron chi connectivity index (χ2n) is 5.26. The van der Waals surface area contributed by atoms with E-state index in [4.69, 9.17) is 20.8 Å². The van der Waals surface area contributed by atoms with Gasteiger partial charge in [0.2, 0.25) is 0 Å². The molecule has 0 amide bonds. The van der Waals surface area contributed by atoms with Gasteiger partial charge in [-0.25, -0.2) is 0 Å². The highest BCUT2D eigenvalue weighted by atomic mass is 35.5. The average Bonchev–Trinajstić information content (AvgIpc) is 2.81. The highest BCUT2D eigenvalue weighted by Crippen LogP contribution is 2.30. The molecule has 0 aliphatic heterocycles. The third-order valence-corrected chi connectivity index (χ3v) is 3.69. The molecular weight excluding hydrogens is 274 g/mol. The minimum absolute atomic E-state index is 0.0288. The van der Waals surface area contributed by atoms with Crippen LogP contribution >= 0.6 is 11.6 Å². The first-order valence-corrected chi connectivity index (χ1v) is 7.42. The number of furan rings is 1. The number of nitrogens with one attached hydrogen (secondary N) is 1. The van der Waals surface area contributed by atoms with Crippen LogP contribution in [0.5, 0.6) is 0 Å². The lowest BCUT2D eigenvalue weighted by Gasteiger charge is -2.28. The largest absolute Gasteiger partial charge is 0.459 e. The second-order valence-corrected chi connectivity index (χ2v) is 5.70. The third kappa shape index (κ3) is 3.17. The summed E-state index contributed by atoms with van der Waals surface area (Å²) in [6, 6.07) is 7.73. The van der Waals surface area contributed by atoms with Crippen LogP contribution in [0.3, 0.4) is 0 Å². The molecule has 2 unspecified atom stereocenters. The van der Waals surface area contributed by atoms with Gasteiger partial charge in [-0.15, -0.1) is 0 Å². The van der Waals surface area contributed by atoms with Gasteiger partial charge in [-0.2, -0.15) is 0 Å². The van der Waals surface area contributed by atoms with E-state index in [1.54, 1.807) is 0 Å². The van der Waals surface area contributed by atoms with Crippen molar-refractivity contribution in [2.24, 2.45) is 5.92 Å². The highest BCUT2D eigenvalue weighted by molar-refractivity contribution is 6.31. The van der Waals surface area contributed by atoms with Crippen LogP contribution in [-0.4, -0.2) is 19.8 Å². The molecule has 0 spiro atoms. The van der Waals surface area contributed by atoms with E-state index in [1.165, 1.54) is 0 Å². The van der Waals surface area contributed by atoms with Crippen LogP contribution < -0.4 is 5.32 Å². The Morgan fingerprint density at radius 1 is 1.30 bits per heavy atom. The summed E-state index contributed by atoms with van der Waals surface area (Å²) in [6.07, 6.45) is 0.0704. The first kappa shape index (κ1) is 15.4. The van der Waals surface area contributed by atoms with Gasteiger partial charge in [0.05, 0.1) is 12.1 Å². The van der Waals surface area contributed by atoms with Gasteiger partial charge in [-0.1, -0.05) is 25.4 Å². The van der Waals surface area contributed by atoms with E-state index in [-0.39, 0.29) is 12.1 Å². The van der Waals surface area contributed by atoms with E-state index < -0.39 is 0 Å². The van der Waals surface area contributed by atoms with Gasteiger partial charge in [-0.3, -0.25) is 0 Å². The van der Waals surface area contributed by atoms with Gasteiger partial charge in [-0.05, 0) is 44.2 Å². The van der Waals surface area contributed by atoms with Gasteiger partial charge in [0.25, 0.3) is 0 Å². The zero-order valence-corrected chi connectivity index (χ0v) is 13.2. The minimum Gasteiger partial charge on any atom is -0.459 e. The number of likely N-dealkylation sites (N-methyl/N-ethyl adjacent to an activating group) is 1. The first-order valence-electron chi connectivity index (χ1n) is 7.04. The Kier molecular flexibility index (Phi) is 5.08. The predicted molar refractivity (Wildman–Crippen MR) is 83.3 cm³/mol. The lowest BCUT2D eigenvalue weighted by molar-refractivity contribution is -0.00000145. The number of hydrogen-bond donors (Lipinski definition) is 1. The molecule has 110 valence electrons. The standard InChI is InChI=1S/C16H22ClNO2/c1-5-19-16(10(2)3)15(18-4)14-9-11-8-12(17)6-7-13(11)20-14/h6-10,15-16,18H,5H2,1-4H3. The van der Waals surface area contributed by atoms with Crippen LogP contribution in [-0.2, 0) is 4.74 Å². The molecule has 0 aliphatic carbocycles. The fourth-order valence-corrected chi connectivity index (χ4v) is 2.70. The number of rotatable bonds is 6. The third-order valence-electron chi connectivity index (χ3n) is 3.46. The van der Waals surface area contributed by atoms with Crippen molar-refractivity contribution in [2.75, 3.05) is 13.7 Å². The summed E-state index contributed by atoms with van der Waals surface area (Å²) in [5.41, 5.74) is 0.851. The number of hydrogen-bond acceptors (Lipinski definition) is 3. The maximum atomic E-state index is 6.02.